The fraction of sp³-hybridized carbons (Fsp3) is 0.667. The monoisotopic (exact) mass is 276 g/mol. The first-order chi connectivity index (χ1) is 9.33. The maximum Gasteiger partial charge on any atom is 0.0334 e. The standard InChI is InChI=1S/C18H32N2/c1-7-19-17(16-11-9-8-10-15(16)2)12-13-20(6)14-18(3,4)5/h8-11,17,19H,7,12-14H2,1-6H3. The number of hydrogen-bond acceptors (Lipinski definition) is 2. The van der Waals surface area contributed by atoms with Crippen LogP contribution in [0.15, 0.2) is 24.3 Å². The molecule has 0 saturated heterocycles. The molecule has 20 heavy (non-hydrogen) atoms. The Morgan fingerprint density at radius 2 is 1.85 bits per heavy atom. The lowest BCUT2D eigenvalue weighted by atomic mass is 9.95. The summed E-state index contributed by atoms with van der Waals surface area (Å²) >= 11 is 0. The van der Waals surface area contributed by atoms with E-state index >= 15 is 0 Å². The fourth-order valence-corrected chi connectivity index (χ4v) is 2.83. The van der Waals surface area contributed by atoms with Crippen LogP contribution < -0.4 is 5.32 Å². The molecule has 114 valence electrons. The normalized spacial score (nSPS) is 13.8. The molecule has 1 aromatic rings. The van der Waals surface area contributed by atoms with Gasteiger partial charge < -0.3 is 10.2 Å². The van der Waals surface area contributed by atoms with Crippen molar-refractivity contribution in [2.24, 2.45) is 5.41 Å². The Hall–Kier alpha value is -0.860. The van der Waals surface area contributed by atoms with Crippen LogP contribution in [0.5, 0.6) is 0 Å². The van der Waals surface area contributed by atoms with Gasteiger partial charge in [0.15, 0.2) is 0 Å². The number of aryl methyl sites for hydroxylation is 1. The Balaban J connectivity index is 2.62. The van der Waals surface area contributed by atoms with Crippen LogP contribution in [0, 0.1) is 12.3 Å². The van der Waals surface area contributed by atoms with Gasteiger partial charge >= 0.3 is 0 Å². The Morgan fingerprint density at radius 3 is 2.40 bits per heavy atom. The first kappa shape index (κ1) is 17.2. The molecule has 1 aromatic carbocycles. The number of nitrogens with zero attached hydrogens (tertiary/aromatic N) is 1. The molecule has 0 radical (unpaired) electrons. The van der Waals surface area contributed by atoms with Gasteiger partial charge in [-0.25, -0.2) is 0 Å². The van der Waals surface area contributed by atoms with Crippen LogP contribution in [-0.4, -0.2) is 31.6 Å². The average Bonchev–Trinajstić information content (AvgIpc) is 2.33. The van der Waals surface area contributed by atoms with Crippen molar-refractivity contribution in [2.45, 2.75) is 47.1 Å². The van der Waals surface area contributed by atoms with Crippen LogP contribution >= 0.6 is 0 Å². The SMILES string of the molecule is CCNC(CCN(C)CC(C)(C)C)c1ccccc1C. The third-order valence-corrected chi connectivity index (χ3v) is 3.56. The van der Waals surface area contributed by atoms with E-state index in [4.69, 9.17) is 0 Å². The summed E-state index contributed by atoms with van der Waals surface area (Å²) in [4.78, 5) is 2.45. The molecule has 0 aromatic heterocycles. The summed E-state index contributed by atoms with van der Waals surface area (Å²) in [7, 11) is 2.23. The van der Waals surface area contributed by atoms with E-state index in [2.05, 4.69) is 76.1 Å². The minimum Gasteiger partial charge on any atom is -0.310 e. The van der Waals surface area contributed by atoms with Gasteiger partial charge in [-0.05, 0) is 50.0 Å². The zero-order valence-corrected chi connectivity index (χ0v) is 14.2. The van der Waals surface area contributed by atoms with Gasteiger partial charge in [-0.15, -0.1) is 0 Å². The second-order valence-corrected chi connectivity index (χ2v) is 7.05. The van der Waals surface area contributed by atoms with Crippen LogP contribution in [0.3, 0.4) is 0 Å². The van der Waals surface area contributed by atoms with Crippen LogP contribution in [-0.2, 0) is 0 Å². The molecule has 1 N–H and O–H groups in total. The quantitative estimate of drug-likeness (QED) is 0.809. The maximum atomic E-state index is 3.63. The molecule has 1 atom stereocenters. The van der Waals surface area contributed by atoms with Crippen molar-refractivity contribution in [3.63, 3.8) is 0 Å². The highest BCUT2D eigenvalue weighted by atomic mass is 15.1. The molecule has 0 saturated carbocycles. The summed E-state index contributed by atoms with van der Waals surface area (Å²) in [5, 5.41) is 3.63. The average molecular weight is 276 g/mol. The summed E-state index contributed by atoms with van der Waals surface area (Å²) in [5.41, 5.74) is 3.20. The number of nitrogens with one attached hydrogen (secondary N) is 1. The van der Waals surface area contributed by atoms with Gasteiger partial charge in [-0.3, -0.25) is 0 Å². The van der Waals surface area contributed by atoms with Gasteiger partial charge in [0, 0.05) is 12.6 Å². The number of benzene rings is 1. The summed E-state index contributed by atoms with van der Waals surface area (Å²) in [6.45, 7) is 14.6. The summed E-state index contributed by atoms with van der Waals surface area (Å²) < 4.78 is 0. The molecule has 2 nitrogen and oxygen atoms in total. The molecule has 0 heterocycles. The highest BCUT2D eigenvalue weighted by Gasteiger charge is 2.16. The molecular formula is C18H32N2. The zero-order chi connectivity index (χ0) is 15.2. The molecule has 0 fully saturated rings. The lowest BCUT2D eigenvalue weighted by molar-refractivity contribution is 0.217. The molecule has 0 aliphatic heterocycles. The highest BCUT2D eigenvalue weighted by Crippen LogP contribution is 2.21. The zero-order valence-electron chi connectivity index (χ0n) is 14.2. The largest absolute Gasteiger partial charge is 0.310 e. The third kappa shape index (κ3) is 6.06. The van der Waals surface area contributed by atoms with Gasteiger partial charge in [0.1, 0.15) is 0 Å². The number of hydrogen-bond donors (Lipinski definition) is 1. The van der Waals surface area contributed by atoms with Crippen LogP contribution in [0.1, 0.15) is 51.3 Å². The van der Waals surface area contributed by atoms with E-state index in [9.17, 15) is 0 Å². The van der Waals surface area contributed by atoms with Gasteiger partial charge in [0.25, 0.3) is 0 Å². The molecule has 2 heteroatoms. The first-order valence-corrected chi connectivity index (χ1v) is 7.81. The van der Waals surface area contributed by atoms with Crippen molar-refractivity contribution in [1.82, 2.24) is 10.2 Å². The predicted octanol–water partition coefficient (Wildman–Crippen LogP) is 4.01. The van der Waals surface area contributed by atoms with Crippen LogP contribution in [0.2, 0.25) is 0 Å². The van der Waals surface area contributed by atoms with Crippen LogP contribution in [0.4, 0.5) is 0 Å². The summed E-state index contributed by atoms with van der Waals surface area (Å²) in [6.07, 6.45) is 1.16. The second kappa shape index (κ2) is 7.80. The Labute approximate surface area is 125 Å². The topological polar surface area (TPSA) is 15.3 Å². The Kier molecular flexibility index (Phi) is 6.70. The smallest absolute Gasteiger partial charge is 0.0334 e. The van der Waals surface area contributed by atoms with E-state index in [1.807, 2.05) is 0 Å². The van der Waals surface area contributed by atoms with E-state index in [0.717, 1.165) is 26.1 Å². The fourth-order valence-electron chi connectivity index (χ4n) is 2.83. The van der Waals surface area contributed by atoms with Gasteiger partial charge in [0.05, 0.1) is 0 Å². The van der Waals surface area contributed by atoms with Crippen molar-refractivity contribution >= 4 is 0 Å². The Morgan fingerprint density at radius 1 is 1.20 bits per heavy atom. The van der Waals surface area contributed by atoms with Gasteiger partial charge in [0.2, 0.25) is 0 Å². The predicted molar refractivity (Wildman–Crippen MR) is 89.2 cm³/mol. The molecule has 0 bridgehead atoms. The van der Waals surface area contributed by atoms with Crippen molar-refractivity contribution in [3.8, 4) is 0 Å². The van der Waals surface area contributed by atoms with E-state index in [1.165, 1.54) is 11.1 Å². The highest BCUT2D eigenvalue weighted by molar-refractivity contribution is 5.28. The molecule has 0 aliphatic rings. The summed E-state index contributed by atoms with van der Waals surface area (Å²) in [6, 6.07) is 9.19. The minimum absolute atomic E-state index is 0.366. The number of rotatable bonds is 7. The van der Waals surface area contributed by atoms with Gasteiger partial charge in [-0.1, -0.05) is 52.0 Å². The van der Waals surface area contributed by atoms with Crippen molar-refractivity contribution in [1.29, 1.82) is 0 Å². The lowest BCUT2D eigenvalue weighted by Crippen LogP contribution is -2.32. The molecule has 1 unspecified atom stereocenters. The second-order valence-electron chi connectivity index (χ2n) is 7.05. The van der Waals surface area contributed by atoms with E-state index < -0.39 is 0 Å². The van der Waals surface area contributed by atoms with E-state index in [1.54, 1.807) is 0 Å². The molecular weight excluding hydrogens is 244 g/mol. The minimum atomic E-state index is 0.366. The van der Waals surface area contributed by atoms with Crippen LogP contribution in [0.25, 0.3) is 0 Å². The third-order valence-electron chi connectivity index (χ3n) is 3.56. The molecule has 0 amide bonds. The van der Waals surface area contributed by atoms with E-state index in [0.29, 0.717) is 11.5 Å². The van der Waals surface area contributed by atoms with Gasteiger partial charge in [-0.2, -0.15) is 0 Å². The first-order valence-electron chi connectivity index (χ1n) is 7.81. The van der Waals surface area contributed by atoms with Crippen molar-refractivity contribution < 1.29 is 0 Å². The van der Waals surface area contributed by atoms with Crippen molar-refractivity contribution in [3.05, 3.63) is 35.4 Å². The maximum absolute atomic E-state index is 3.63. The molecule has 0 spiro atoms. The molecule has 0 aliphatic carbocycles. The molecule has 1 rings (SSSR count). The van der Waals surface area contributed by atoms with E-state index in [-0.39, 0.29) is 0 Å². The lowest BCUT2D eigenvalue weighted by Gasteiger charge is -2.28. The summed E-state index contributed by atoms with van der Waals surface area (Å²) in [5.74, 6) is 0. The Bertz CT molecular complexity index is 393. The van der Waals surface area contributed by atoms with Crippen molar-refractivity contribution in [2.75, 3.05) is 26.7 Å².